The van der Waals surface area contributed by atoms with Crippen LogP contribution in [0.15, 0.2) is 41.5 Å². The SMILES string of the molecule is NC1=N[C@@](c2cc(NC(=O)c3ccc(F)cn3)ccc2F)(C(F)F)C(F)(F)CC1. The first-order valence-corrected chi connectivity index (χ1v) is 8.30. The van der Waals surface area contributed by atoms with Crippen molar-refractivity contribution < 1.29 is 31.1 Å². The average Bonchev–Trinajstić information content (AvgIpc) is 2.65. The van der Waals surface area contributed by atoms with Crippen LogP contribution < -0.4 is 11.1 Å². The Morgan fingerprint density at radius 2 is 1.90 bits per heavy atom. The highest BCUT2D eigenvalue weighted by Gasteiger charge is 2.63. The number of amides is 1. The zero-order valence-electron chi connectivity index (χ0n) is 14.6. The van der Waals surface area contributed by atoms with Crippen LogP contribution in [0.3, 0.4) is 0 Å². The molecule has 2 heterocycles. The van der Waals surface area contributed by atoms with Crippen LogP contribution in [0.4, 0.5) is 32.0 Å². The Morgan fingerprint density at radius 1 is 1.17 bits per heavy atom. The van der Waals surface area contributed by atoms with Gasteiger partial charge in [0.2, 0.25) is 5.54 Å². The summed E-state index contributed by atoms with van der Waals surface area (Å²) in [5.74, 6) is -7.49. The first-order chi connectivity index (χ1) is 13.6. The summed E-state index contributed by atoms with van der Waals surface area (Å²) in [6, 6.07) is 4.32. The third kappa shape index (κ3) is 3.64. The minimum atomic E-state index is -4.09. The van der Waals surface area contributed by atoms with Crippen molar-refractivity contribution in [3.05, 3.63) is 59.4 Å². The molecule has 3 rings (SSSR count). The van der Waals surface area contributed by atoms with Crippen LogP contribution in [-0.2, 0) is 5.54 Å². The van der Waals surface area contributed by atoms with Gasteiger partial charge in [0.15, 0.2) is 0 Å². The van der Waals surface area contributed by atoms with Gasteiger partial charge in [0.05, 0.1) is 12.0 Å². The Labute approximate surface area is 160 Å². The van der Waals surface area contributed by atoms with Gasteiger partial charge in [-0.05, 0) is 30.3 Å². The molecule has 0 aliphatic carbocycles. The van der Waals surface area contributed by atoms with Crippen molar-refractivity contribution in [1.82, 2.24) is 4.98 Å². The molecule has 29 heavy (non-hydrogen) atoms. The number of anilines is 1. The Hall–Kier alpha value is -3.11. The molecule has 0 spiro atoms. The van der Waals surface area contributed by atoms with Crippen LogP contribution in [0.2, 0.25) is 0 Å². The molecule has 1 aromatic heterocycles. The van der Waals surface area contributed by atoms with Gasteiger partial charge in [-0.3, -0.25) is 4.79 Å². The number of nitrogens with one attached hydrogen (secondary N) is 1. The van der Waals surface area contributed by atoms with E-state index in [0.29, 0.717) is 12.1 Å². The Balaban J connectivity index is 2.05. The fourth-order valence-electron chi connectivity index (χ4n) is 3.02. The highest BCUT2D eigenvalue weighted by atomic mass is 19.3. The fourth-order valence-corrected chi connectivity index (χ4v) is 3.02. The molecule has 3 N–H and O–H groups in total. The molecule has 5 nitrogen and oxygen atoms in total. The van der Waals surface area contributed by atoms with E-state index in [9.17, 15) is 31.1 Å². The molecule has 0 bridgehead atoms. The number of nitrogens with two attached hydrogens (primary N) is 1. The molecule has 154 valence electrons. The lowest BCUT2D eigenvalue weighted by Gasteiger charge is -2.40. The van der Waals surface area contributed by atoms with E-state index in [1.165, 1.54) is 0 Å². The summed E-state index contributed by atoms with van der Waals surface area (Å²) in [6.07, 6.45) is -4.47. The Kier molecular flexibility index (Phi) is 5.24. The molecule has 1 aliphatic heterocycles. The van der Waals surface area contributed by atoms with E-state index in [1.54, 1.807) is 0 Å². The van der Waals surface area contributed by atoms with Gasteiger partial charge in [0.1, 0.15) is 17.3 Å². The van der Waals surface area contributed by atoms with E-state index in [2.05, 4.69) is 15.3 Å². The second kappa shape index (κ2) is 7.37. The van der Waals surface area contributed by atoms with E-state index in [1.807, 2.05) is 0 Å². The molecule has 11 heteroatoms. The van der Waals surface area contributed by atoms with Crippen molar-refractivity contribution in [2.45, 2.75) is 30.7 Å². The zero-order chi connectivity index (χ0) is 21.4. The highest BCUT2D eigenvalue weighted by molar-refractivity contribution is 6.02. The minimum Gasteiger partial charge on any atom is -0.387 e. The smallest absolute Gasteiger partial charge is 0.283 e. The average molecular weight is 416 g/mol. The third-order valence-corrected chi connectivity index (χ3v) is 4.48. The molecule has 1 aliphatic rings. The van der Waals surface area contributed by atoms with Crippen LogP contribution in [-0.4, -0.2) is 29.1 Å². The van der Waals surface area contributed by atoms with Crippen LogP contribution in [0.1, 0.15) is 28.9 Å². The lowest BCUT2D eigenvalue weighted by atomic mass is 9.79. The topological polar surface area (TPSA) is 80.4 Å². The number of aromatic nitrogens is 1. The normalized spacial score (nSPS) is 21.0. The summed E-state index contributed by atoms with van der Waals surface area (Å²) in [5, 5.41) is 2.22. The van der Waals surface area contributed by atoms with Gasteiger partial charge in [-0.1, -0.05) is 0 Å². The predicted molar refractivity (Wildman–Crippen MR) is 92.0 cm³/mol. The predicted octanol–water partition coefficient (Wildman–Crippen LogP) is 3.86. The van der Waals surface area contributed by atoms with Crippen molar-refractivity contribution in [1.29, 1.82) is 0 Å². The Morgan fingerprint density at radius 3 is 2.52 bits per heavy atom. The van der Waals surface area contributed by atoms with Gasteiger partial charge in [0.25, 0.3) is 18.3 Å². The summed E-state index contributed by atoms with van der Waals surface area (Å²) in [4.78, 5) is 19.0. The van der Waals surface area contributed by atoms with Gasteiger partial charge in [-0.15, -0.1) is 0 Å². The quantitative estimate of drug-likeness (QED) is 0.743. The second-order valence-electron chi connectivity index (χ2n) is 6.39. The first kappa shape index (κ1) is 20.6. The summed E-state index contributed by atoms with van der Waals surface area (Å²) in [5.41, 5.74) is 0.289. The number of rotatable bonds is 4. The maximum atomic E-state index is 14.6. The second-order valence-corrected chi connectivity index (χ2v) is 6.39. The van der Waals surface area contributed by atoms with Crippen molar-refractivity contribution in [2.24, 2.45) is 10.7 Å². The number of carbonyl (C=O) groups is 1. The van der Waals surface area contributed by atoms with E-state index >= 15 is 0 Å². The number of alkyl halides is 4. The van der Waals surface area contributed by atoms with Crippen molar-refractivity contribution in [2.75, 3.05) is 5.32 Å². The summed E-state index contributed by atoms with van der Waals surface area (Å²) in [6.45, 7) is 0. The molecule has 1 amide bonds. The lowest BCUT2D eigenvalue weighted by molar-refractivity contribution is -0.145. The standard InChI is InChI=1S/C18H14F6N4O/c19-9-1-4-13(26-8-9)15(29)27-10-2-3-12(20)11(7-10)18(16(21)22)17(23,24)6-5-14(25)28-18/h1-4,7-8,16H,5-6H2,(H2,25,28)(H,27,29)/t18-/m0/s1. The lowest BCUT2D eigenvalue weighted by Crippen LogP contribution is -2.54. The number of hydrogen-bond donors (Lipinski definition) is 2. The number of aliphatic imine (C=N–C) groups is 1. The molecule has 0 fully saturated rings. The largest absolute Gasteiger partial charge is 0.387 e. The highest BCUT2D eigenvalue weighted by Crippen LogP contribution is 2.51. The molecule has 0 saturated heterocycles. The van der Waals surface area contributed by atoms with Crippen LogP contribution in [0, 0.1) is 11.6 Å². The molecule has 0 radical (unpaired) electrons. The third-order valence-electron chi connectivity index (χ3n) is 4.48. The monoisotopic (exact) mass is 416 g/mol. The molecule has 0 saturated carbocycles. The maximum absolute atomic E-state index is 14.6. The molecule has 2 aromatic rings. The number of hydrogen-bond acceptors (Lipinski definition) is 4. The summed E-state index contributed by atoms with van der Waals surface area (Å²) >= 11 is 0. The number of carbonyl (C=O) groups excluding carboxylic acids is 1. The van der Waals surface area contributed by atoms with Crippen molar-refractivity contribution in [3.63, 3.8) is 0 Å². The van der Waals surface area contributed by atoms with Crippen LogP contribution in [0.25, 0.3) is 0 Å². The van der Waals surface area contributed by atoms with Gasteiger partial charge in [0, 0.05) is 24.1 Å². The molecular formula is C18H14F6N4O. The van der Waals surface area contributed by atoms with Crippen LogP contribution in [0.5, 0.6) is 0 Å². The first-order valence-electron chi connectivity index (χ1n) is 8.30. The minimum absolute atomic E-state index is 0.230. The van der Waals surface area contributed by atoms with Gasteiger partial charge >= 0.3 is 0 Å². The van der Waals surface area contributed by atoms with E-state index < -0.39 is 59.7 Å². The van der Waals surface area contributed by atoms with Crippen LogP contribution >= 0.6 is 0 Å². The fraction of sp³-hybridized carbons (Fsp3) is 0.278. The van der Waals surface area contributed by atoms with Gasteiger partial charge in [-0.2, -0.15) is 0 Å². The van der Waals surface area contributed by atoms with Gasteiger partial charge < -0.3 is 11.1 Å². The van der Waals surface area contributed by atoms with E-state index in [-0.39, 0.29) is 11.4 Å². The van der Waals surface area contributed by atoms with Crippen molar-refractivity contribution in [3.8, 4) is 0 Å². The van der Waals surface area contributed by atoms with E-state index in [4.69, 9.17) is 5.73 Å². The number of nitrogens with zero attached hydrogens (tertiary/aromatic N) is 2. The van der Waals surface area contributed by atoms with Gasteiger partial charge in [-0.25, -0.2) is 36.3 Å². The summed E-state index contributed by atoms with van der Waals surface area (Å²) < 4.78 is 84.2. The zero-order valence-corrected chi connectivity index (χ0v) is 14.6. The molecule has 1 aromatic carbocycles. The Bertz CT molecular complexity index is 963. The number of amidine groups is 1. The van der Waals surface area contributed by atoms with E-state index in [0.717, 1.165) is 24.4 Å². The van der Waals surface area contributed by atoms with Crippen molar-refractivity contribution >= 4 is 17.4 Å². The summed E-state index contributed by atoms with van der Waals surface area (Å²) in [7, 11) is 0. The molecular weight excluding hydrogens is 402 g/mol. The molecule has 0 unspecified atom stereocenters. The number of halogens is 6. The number of benzene rings is 1. The maximum Gasteiger partial charge on any atom is 0.283 e. The number of pyridine rings is 1. The molecule has 1 atom stereocenters.